The van der Waals surface area contributed by atoms with Crippen molar-refractivity contribution in [2.24, 2.45) is 0 Å². The molecule has 192 valence electrons. The zero-order valence-corrected chi connectivity index (χ0v) is 21.9. The third-order valence-electron chi connectivity index (χ3n) is 6.59. The maximum Gasteiger partial charge on any atom is 0.141 e. The van der Waals surface area contributed by atoms with Crippen molar-refractivity contribution in [1.29, 1.82) is 0 Å². The molecule has 0 aliphatic carbocycles. The van der Waals surface area contributed by atoms with E-state index in [1.54, 1.807) is 13.4 Å². The van der Waals surface area contributed by atoms with Crippen LogP contribution in [0, 0.1) is 0 Å². The lowest BCUT2D eigenvalue weighted by Crippen LogP contribution is -2.40. The van der Waals surface area contributed by atoms with E-state index < -0.39 is 11.2 Å². The summed E-state index contributed by atoms with van der Waals surface area (Å²) in [6.07, 6.45) is 3.47. The number of benzene rings is 3. The number of nitrogens with one attached hydrogen (secondary N) is 1. The number of ether oxygens (including phenoxy) is 2. The Hall–Kier alpha value is -3.33. The summed E-state index contributed by atoms with van der Waals surface area (Å²) in [4.78, 5) is 11.4. The summed E-state index contributed by atoms with van der Waals surface area (Å²) >= 11 is -0.643. The molecule has 0 bridgehead atoms. The molecular formula is C29H32N4O3S. The van der Waals surface area contributed by atoms with E-state index in [4.69, 9.17) is 9.47 Å². The minimum absolute atomic E-state index is 0.534. The molecule has 0 amide bonds. The van der Waals surface area contributed by atoms with E-state index in [1.165, 1.54) is 0 Å². The second-order valence-corrected chi connectivity index (χ2v) is 10.8. The highest BCUT2D eigenvalue weighted by atomic mass is 32.2. The SMILES string of the molecule is COc1cc2ncnc(Nc3ccc(OCc4ccccc4)cc3)c2cc1CCCN1CC[S+]([O-])CC1. The standard InChI is InChI=1S/C29H32N4O3S/c1-35-28-19-27-26(18-23(28)8-5-13-33-14-16-37(34)17-15-33)29(31-21-30-27)32-24-9-11-25(12-10-24)36-20-22-6-3-2-4-7-22/h2-4,6-7,9-12,18-19,21H,5,8,13-17,20H2,1H3,(H,30,31,32). The predicted molar refractivity (Wildman–Crippen MR) is 149 cm³/mol. The molecule has 0 atom stereocenters. The van der Waals surface area contributed by atoms with Crippen LogP contribution in [0.3, 0.4) is 0 Å². The third-order valence-corrected chi connectivity index (χ3v) is 7.87. The van der Waals surface area contributed by atoms with Crippen LogP contribution in [0.15, 0.2) is 73.1 Å². The summed E-state index contributed by atoms with van der Waals surface area (Å²) in [6.45, 7) is 3.36. The van der Waals surface area contributed by atoms with Gasteiger partial charge in [0.1, 0.15) is 41.8 Å². The average molecular weight is 517 g/mol. The van der Waals surface area contributed by atoms with E-state index in [9.17, 15) is 4.55 Å². The predicted octanol–water partition coefficient (Wildman–Crippen LogP) is 4.96. The van der Waals surface area contributed by atoms with E-state index in [0.29, 0.717) is 6.61 Å². The van der Waals surface area contributed by atoms with Crippen LogP contribution >= 0.6 is 0 Å². The Morgan fingerprint density at radius 1 is 1.00 bits per heavy atom. The van der Waals surface area contributed by atoms with Crippen LogP contribution in [0.4, 0.5) is 11.5 Å². The Labute approximate surface area is 221 Å². The Morgan fingerprint density at radius 2 is 1.78 bits per heavy atom. The minimum Gasteiger partial charge on any atom is -0.616 e. The van der Waals surface area contributed by atoms with Gasteiger partial charge in [-0.15, -0.1) is 0 Å². The van der Waals surface area contributed by atoms with Crippen LogP contribution in [-0.4, -0.2) is 57.7 Å². The molecule has 0 spiro atoms. The van der Waals surface area contributed by atoms with Gasteiger partial charge in [-0.1, -0.05) is 41.5 Å². The Kier molecular flexibility index (Phi) is 8.40. The number of anilines is 2. The summed E-state index contributed by atoms with van der Waals surface area (Å²) in [5.74, 6) is 3.98. The maximum absolute atomic E-state index is 11.6. The third kappa shape index (κ3) is 6.71. The molecule has 0 radical (unpaired) electrons. The van der Waals surface area contributed by atoms with Gasteiger partial charge < -0.3 is 19.3 Å². The van der Waals surface area contributed by atoms with E-state index in [-0.39, 0.29) is 0 Å². The minimum atomic E-state index is -0.643. The lowest BCUT2D eigenvalue weighted by Gasteiger charge is -2.27. The molecule has 0 saturated carbocycles. The number of hydrogen-bond acceptors (Lipinski definition) is 7. The maximum atomic E-state index is 11.6. The molecule has 3 aromatic carbocycles. The molecule has 5 rings (SSSR count). The quantitative estimate of drug-likeness (QED) is 0.298. The summed E-state index contributed by atoms with van der Waals surface area (Å²) in [5.41, 5.74) is 4.03. The highest BCUT2D eigenvalue weighted by Crippen LogP contribution is 2.31. The summed E-state index contributed by atoms with van der Waals surface area (Å²) in [7, 11) is 1.70. The Bertz CT molecular complexity index is 1300. The summed E-state index contributed by atoms with van der Waals surface area (Å²) in [5, 5.41) is 4.39. The van der Waals surface area contributed by atoms with Gasteiger partial charge in [0.15, 0.2) is 0 Å². The van der Waals surface area contributed by atoms with Gasteiger partial charge in [0, 0.05) is 30.2 Å². The highest BCUT2D eigenvalue weighted by molar-refractivity contribution is 7.91. The smallest absolute Gasteiger partial charge is 0.141 e. The van der Waals surface area contributed by atoms with Crippen molar-refractivity contribution in [3.05, 3.63) is 84.2 Å². The first kappa shape index (κ1) is 25.3. The fourth-order valence-corrected chi connectivity index (χ4v) is 5.65. The van der Waals surface area contributed by atoms with Gasteiger partial charge in [0.25, 0.3) is 0 Å². The number of aryl methyl sites for hydroxylation is 1. The number of rotatable bonds is 10. The zero-order chi connectivity index (χ0) is 25.5. The van der Waals surface area contributed by atoms with Crippen LogP contribution in [0.25, 0.3) is 10.9 Å². The van der Waals surface area contributed by atoms with Crippen molar-refractivity contribution < 1.29 is 14.0 Å². The first-order valence-electron chi connectivity index (χ1n) is 12.6. The molecule has 7 nitrogen and oxygen atoms in total. The molecule has 0 unspecified atom stereocenters. The van der Waals surface area contributed by atoms with Crippen molar-refractivity contribution in [2.45, 2.75) is 19.4 Å². The average Bonchev–Trinajstić information content (AvgIpc) is 2.94. The molecule has 1 saturated heterocycles. The topological polar surface area (TPSA) is 82.6 Å². The van der Waals surface area contributed by atoms with Crippen LogP contribution in [0.2, 0.25) is 0 Å². The number of fused-ring (bicyclic) bond motifs is 1. The van der Waals surface area contributed by atoms with Crippen LogP contribution in [0.5, 0.6) is 11.5 Å². The molecule has 1 fully saturated rings. The van der Waals surface area contributed by atoms with Crippen LogP contribution < -0.4 is 14.8 Å². The number of hydrogen-bond donors (Lipinski definition) is 1. The number of aromatic nitrogens is 2. The van der Waals surface area contributed by atoms with Gasteiger partial charge in [-0.25, -0.2) is 9.97 Å². The van der Waals surface area contributed by atoms with Crippen molar-refractivity contribution >= 4 is 33.6 Å². The fourth-order valence-electron chi connectivity index (χ4n) is 4.52. The lowest BCUT2D eigenvalue weighted by molar-refractivity contribution is 0.291. The summed E-state index contributed by atoms with van der Waals surface area (Å²) < 4.78 is 23.2. The number of nitrogens with zero attached hydrogens (tertiary/aromatic N) is 3. The molecule has 1 aliphatic rings. The molecule has 37 heavy (non-hydrogen) atoms. The Morgan fingerprint density at radius 3 is 2.54 bits per heavy atom. The van der Waals surface area contributed by atoms with Crippen molar-refractivity contribution in [2.75, 3.05) is 43.6 Å². The summed E-state index contributed by atoms with van der Waals surface area (Å²) in [6, 6.07) is 22.1. The van der Waals surface area contributed by atoms with Crippen molar-refractivity contribution in [3.8, 4) is 11.5 Å². The molecule has 2 heterocycles. The van der Waals surface area contributed by atoms with Crippen LogP contribution in [0.1, 0.15) is 17.5 Å². The van der Waals surface area contributed by atoms with E-state index in [2.05, 4.69) is 38.4 Å². The van der Waals surface area contributed by atoms with Crippen molar-refractivity contribution in [3.63, 3.8) is 0 Å². The molecular weight excluding hydrogens is 484 g/mol. The lowest BCUT2D eigenvalue weighted by atomic mass is 10.0. The molecule has 8 heteroatoms. The van der Waals surface area contributed by atoms with Crippen molar-refractivity contribution in [1.82, 2.24) is 14.9 Å². The van der Waals surface area contributed by atoms with Gasteiger partial charge in [-0.05, 0) is 60.8 Å². The first-order chi connectivity index (χ1) is 18.2. The van der Waals surface area contributed by atoms with Gasteiger partial charge in [-0.2, -0.15) is 0 Å². The van der Waals surface area contributed by atoms with E-state index in [0.717, 1.165) is 89.0 Å². The van der Waals surface area contributed by atoms with Gasteiger partial charge >= 0.3 is 0 Å². The highest BCUT2D eigenvalue weighted by Gasteiger charge is 2.19. The van der Waals surface area contributed by atoms with E-state index >= 15 is 0 Å². The molecule has 4 aromatic rings. The number of methoxy groups -OCH3 is 1. The van der Waals surface area contributed by atoms with Crippen LogP contribution in [-0.2, 0) is 24.2 Å². The van der Waals surface area contributed by atoms with Gasteiger partial charge in [0.05, 0.1) is 12.6 Å². The fraction of sp³-hybridized carbons (Fsp3) is 0.310. The zero-order valence-electron chi connectivity index (χ0n) is 21.1. The second-order valence-electron chi connectivity index (χ2n) is 9.12. The Balaban J connectivity index is 1.26. The monoisotopic (exact) mass is 516 g/mol. The molecule has 1 aliphatic heterocycles. The second kappa shape index (κ2) is 12.3. The normalized spacial score (nSPS) is 14.5. The first-order valence-corrected chi connectivity index (χ1v) is 14.1. The van der Waals surface area contributed by atoms with E-state index in [1.807, 2.05) is 48.5 Å². The molecule has 1 N–H and O–H groups in total. The van der Waals surface area contributed by atoms with Gasteiger partial charge in [-0.3, -0.25) is 4.90 Å². The molecule has 1 aromatic heterocycles. The van der Waals surface area contributed by atoms with Gasteiger partial charge in [0.2, 0.25) is 0 Å². The largest absolute Gasteiger partial charge is 0.616 e.